The smallest absolute Gasteiger partial charge is 0.257 e. The summed E-state index contributed by atoms with van der Waals surface area (Å²) in [4.78, 5) is 33.0. The molecule has 1 aliphatic heterocycles. The highest BCUT2D eigenvalue weighted by atomic mass is 35.5. The van der Waals surface area contributed by atoms with Gasteiger partial charge in [0.1, 0.15) is 5.82 Å². The first kappa shape index (κ1) is 21.3. The van der Waals surface area contributed by atoms with Crippen molar-refractivity contribution in [1.82, 2.24) is 9.88 Å². The fourth-order valence-corrected chi connectivity index (χ4v) is 4.22. The molecule has 0 saturated carbocycles. The van der Waals surface area contributed by atoms with Gasteiger partial charge in [0.25, 0.3) is 5.91 Å². The van der Waals surface area contributed by atoms with Crippen molar-refractivity contribution in [1.29, 1.82) is 0 Å². The third-order valence-electron chi connectivity index (χ3n) is 5.04. The van der Waals surface area contributed by atoms with Crippen LogP contribution < -0.4 is 10.2 Å². The van der Waals surface area contributed by atoms with Crippen LogP contribution in [-0.4, -0.2) is 47.9 Å². The van der Waals surface area contributed by atoms with E-state index in [1.54, 1.807) is 46.7 Å². The lowest BCUT2D eigenvalue weighted by Crippen LogP contribution is -2.49. The van der Waals surface area contributed by atoms with Gasteiger partial charge in [-0.2, -0.15) is 0 Å². The topological polar surface area (TPSA) is 65.5 Å². The van der Waals surface area contributed by atoms with E-state index >= 15 is 0 Å². The first-order chi connectivity index (χ1) is 15.0. The van der Waals surface area contributed by atoms with E-state index in [9.17, 15) is 14.0 Å². The van der Waals surface area contributed by atoms with Gasteiger partial charge >= 0.3 is 0 Å². The Hall–Kier alpha value is -2.97. The van der Waals surface area contributed by atoms with Gasteiger partial charge < -0.3 is 9.80 Å². The fraction of sp³-hybridized carbons (Fsp3) is 0.227. The second kappa shape index (κ2) is 9.45. The molecule has 1 saturated heterocycles. The third-order valence-corrected chi connectivity index (χ3v) is 6.09. The summed E-state index contributed by atoms with van der Waals surface area (Å²) in [6, 6.07) is 13.2. The first-order valence-corrected chi connectivity index (χ1v) is 11.0. The minimum absolute atomic E-state index is 0.0333. The molecular formula is C22H20ClFN4O2S. The molecule has 3 aromatic rings. The molecule has 0 aliphatic carbocycles. The summed E-state index contributed by atoms with van der Waals surface area (Å²) >= 11 is 7.12. The van der Waals surface area contributed by atoms with E-state index in [1.165, 1.54) is 17.4 Å². The Morgan fingerprint density at radius 2 is 1.77 bits per heavy atom. The van der Waals surface area contributed by atoms with Crippen LogP contribution in [0.25, 0.3) is 0 Å². The van der Waals surface area contributed by atoms with E-state index in [0.29, 0.717) is 53.3 Å². The molecule has 31 heavy (non-hydrogen) atoms. The van der Waals surface area contributed by atoms with Crippen LogP contribution in [0.1, 0.15) is 16.1 Å². The molecule has 2 amide bonds. The molecule has 1 aromatic heterocycles. The number of aromatic nitrogens is 1. The predicted molar refractivity (Wildman–Crippen MR) is 120 cm³/mol. The number of thiazole rings is 1. The Morgan fingerprint density at radius 3 is 2.48 bits per heavy atom. The summed E-state index contributed by atoms with van der Waals surface area (Å²) in [6.45, 7) is 2.20. The van der Waals surface area contributed by atoms with Crippen LogP contribution in [0.4, 0.5) is 15.2 Å². The third kappa shape index (κ3) is 5.21. The average molecular weight is 459 g/mol. The van der Waals surface area contributed by atoms with E-state index in [-0.39, 0.29) is 24.1 Å². The Balaban J connectivity index is 1.30. The number of rotatable bonds is 5. The summed E-state index contributed by atoms with van der Waals surface area (Å²) < 4.78 is 14.0. The molecule has 9 heteroatoms. The summed E-state index contributed by atoms with van der Waals surface area (Å²) in [5.41, 5.74) is 1.65. The molecule has 0 radical (unpaired) electrons. The minimum Gasteiger partial charge on any atom is -0.366 e. The number of carbonyl (C=O) groups excluding carboxylic acids is 2. The summed E-state index contributed by atoms with van der Waals surface area (Å²) in [7, 11) is 0. The number of amides is 2. The number of anilines is 2. The number of hydrogen-bond acceptors (Lipinski definition) is 5. The second-order valence-electron chi connectivity index (χ2n) is 7.10. The van der Waals surface area contributed by atoms with Gasteiger partial charge in [0.15, 0.2) is 5.13 Å². The second-order valence-corrected chi connectivity index (χ2v) is 8.40. The maximum atomic E-state index is 14.0. The summed E-state index contributed by atoms with van der Waals surface area (Å²) in [5.74, 6) is -0.569. The molecule has 0 spiro atoms. The molecule has 2 heterocycles. The number of benzene rings is 2. The highest BCUT2D eigenvalue weighted by molar-refractivity contribution is 7.14. The van der Waals surface area contributed by atoms with Crippen LogP contribution in [0, 0.1) is 5.82 Å². The Bertz CT molecular complexity index is 1080. The SMILES string of the molecule is O=C(Nc1nc(CC(=O)N2CCN(c3ccccc3F)CC2)cs1)c1ccc(Cl)cc1. The van der Waals surface area contributed by atoms with Gasteiger partial charge in [-0.1, -0.05) is 23.7 Å². The summed E-state index contributed by atoms with van der Waals surface area (Å²) in [6.07, 6.45) is 0.160. The van der Waals surface area contributed by atoms with Gasteiger partial charge in [-0.3, -0.25) is 14.9 Å². The van der Waals surface area contributed by atoms with E-state index in [4.69, 9.17) is 11.6 Å². The number of hydrogen-bond donors (Lipinski definition) is 1. The molecule has 2 aromatic carbocycles. The predicted octanol–water partition coefficient (Wildman–Crippen LogP) is 4.08. The van der Waals surface area contributed by atoms with Crippen LogP contribution in [0.15, 0.2) is 53.9 Å². The fourth-order valence-electron chi connectivity index (χ4n) is 3.39. The molecular weight excluding hydrogens is 439 g/mol. The monoisotopic (exact) mass is 458 g/mol. The van der Waals surface area contributed by atoms with Gasteiger partial charge in [-0.05, 0) is 36.4 Å². The van der Waals surface area contributed by atoms with Gasteiger partial charge in [-0.15, -0.1) is 11.3 Å². The van der Waals surface area contributed by atoms with Crippen LogP contribution in [0.5, 0.6) is 0 Å². The van der Waals surface area contributed by atoms with E-state index < -0.39 is 0 Å². The van der Waals surface area contributed by atoms with E-state index in [0.717, 1.165) is 0 Å². The number of piperazine rings is 1. The van der Waals surface area contributed by atoms with Crippen molar-refractivity contribution in [3.8, 4) is 0 Å². The van der Waals surface area contributed by atoms with Crippen molar-refractivity contribution in [2.75, 3.05) is 36.4 Å². The molecule has 1 N–H and O–H groups in total. The highest BCUT2D eigenvalue weighted by Gasteiger charge is 2.23. The van der Waals surface area contributed by atoms with Gasteiger partial charge in [0, 0.05) is 42.1 Å². The van der Waals surface area contributed by atoms with E-state index in [1.807, 2.05) is 11.0 Å². The molecule has 0 unspecified atom stereocenters. The lowest BCUT2D eigenvalue weighted by Gasteiger charge is -2.36. The standard InChI is InChI=1S/C22H20ClFN4O2S/c23-16-7-5-15(6-8-16)21(30)26-22-25-17(14-31-22)13-20(29)28-11-9-27(10-12-28)19-4-2-1-3-18(19)24/h1-8,14H,9-13H2,(H,25,26,30). The van der Waals surface area contributed by atoms with Gasteiger partial charge in [0.2, 0.25) is 5.91 Å². The van der Waals surface area contributed by atoms with Crippen LogP contribution in [0.2, 0.25) is 5.02 Å². The maximum Gasteiger partial charge on any atom is 0.257 e. The Morgan fingerprint density at radius 1 is 1.06 bits per heavy atom. The quantitative estimate of drug-likeness (QED) is 0.625. The number of halogens is 2. The molecule has 6 nitrogen and oxygen atoms in total. The first-order valence-electron chi connectivity index (χ1n) is 9.78. The summed E-state index contributed by atoms with van der Waals surface area (Å²) in [5, 5.41) is 5.50. The molecule has 160 valence electrons. The zero-order valence-corrected chi connectivity index (χ0v) is 18.1. The van der Waals surface area contributed by atoms with E-state index in [2.05, 4.69) is 10.3 Å². The molecule has 1 aliphatic rings. The van der Waals surface area contributed by atoms with Crippen molar-refractivity contribution in [2.24, 2.45) is 0 Å². The van der Waals surface area contributed by atoms with Crippen molar-refractivity contribution in [3.63, 3.8) is 0 Å². The lowest BCUT2D eigenvalue weighted by molar-refractivity contribution is -0.130. The number of nitrogens with one attached hydrogen (secondary N) is 1. The zero-order chi connectivity index (χ0) is 21.8. The zero-order valence-electron chi connectivity index (χ0n) is 16.6. The normalized spacial score (nSPS) is 13.9. The van der Waals surface area contributed by atoms with Gasteiger partial charge in [-0.25, -0.2) is 9.37 Å². The number of nitrogens with zero attached hydrogens (tertiary/aromatic N) is 3. The largest absolute Gasteiger partial charge is 0.366 e. The molecule has 0 atom stereocenters. The van der Waals surface area contributed by atoms with Crippen molar-refractivity contribution < 1.29 is 14.0 Å². The van der Waals surface area contributed by atoms with Crippen LogP contribution >= 0.6 is 22.9 Å². The van der Waals surface area contributed by atoms with Crippen molar-refractivity contribution >= 4 is 45.6 Å². The van der Waals surface area contributed by atoms with Crippen molar-refractivity contribution in [2.45, 2.75) is 6.42 Å². The van der Waals surface area contributed by atoms with Crippen LogP contribution in [0.3, 0.4) is 0 Å². The number of para-hydroxylation sites is 1. The van der Waals surface area contributed by atoms with Crippen LogP contribution in [-0.2, 0) is 11.2 Å². The number of carbonyl (C=O) groups is 2. The van der Waals surface area contributed by atoms with Crippen molar-refractivity contribution in [3.05, 3.63) is 76.0 Å². The molecule has 0 bridgehead atoms. The Kier molecular flexibility index (Phi) is 6.48. The maximum absolute atomic E-state index is 14.0. The Labute approximate surface area is 188 Å². The lowest BCUT2D eigenvalue weighted by atomic mass is 10.2. The molecule has 1 fully saturated rings. The minimum atomic E-state index is -0.284. The molecule has 4 rings (SSSR count). The highest BCUT2D eigenvalue weighted by Crippen LogP contribution is 2.21. The van der Waals surface area contributed by atoms with Gasteiger partial charge in [0.05, 0.1) is 17.8 Å². The average Bonchev–Trinajstić information content (AvgIpc) is 3.21.